The van der Waals surface area contributed by atoms with E-state index in [9.17, 15) is 4.79 Å². The maximum absolute atomic E-state index is 12.4. The molecule has 3 rings (SSSR count). The molecule has 0 aliphatic carbocycles. The first-order valence-electron chi connectivity index (χ1n) is 6.43. The molecule has 2 aromatic heterocycles. The van der Waals surface area contributed by atoms with Crippen molar-refractivity contribution in [2.45, 2.75) is 19.5 Å². The first kappa shape index (κ1) is 12.8. The van der Waals surface area contributed by atoms with Gasteiger partial charge in [0, 0.05) is 19.9 Å². The molecule has 8 heteroatoms. The van der Waals surface area contributed by atoms with E-state index in [1.807, 2.05) is 17.6 Å². The van der Waals surface area contributed by atoms with Crippen LogP contribution in [-0.4, -0.2) is 56.0 Å². The highest BCUT2D eigenvalue weighted by Gasteiger charge is 2.33. The van der Waals surface area contributed by atoms with E-state index in [-0.39, 0.29) is 11.9 Å². The van der Waals surface area contributed by atoms with Gasteiger partial charge in [0.1, 0.15) is 11.7 Å². The minimum atomic E-state index is -0.330. The number of fused-ring (bicyclic) bond motifs is 1. The molecule has 3 heterocycles. The van der Waals surface area contributed by atoms with Crippen molar-refractivity contribution in [3.63, 3.8) is 0 Å². The molecule has 0 fully saturated rings. The summed E-state index contributed by atoms with van der Waals surface area (Å²) in [6.07, 6.45) is 1.65. The molecule has 20 heavy (non-hydrogen) atoms. The van der Waals surface area contributed by atoms with Gasteiger partial charge in [-0.15, -0.1) is 10.2 Å². The molecule has 1 atom stereocenters. The van der Waals surface area contributed by atoms with Crippen molar-refractivity contribution in [2.24, 2.45) is 0 Å². The van der Waals surface area contributed by atoms with E-state index >= 15 is 0 Å². The third-order valence-electron chi connectivity index (χ3n) is 3.46. The average molecular weight is 276 g/mol. The lowest BCUT2D eigenvalue weighted by atomic mass is 10.2. The van der Waals surface area contributed by atoms with Crippen LogP contribution in [0.5, 0.6) is 0 Å². The second-order valence-corrected chi connectivity index (χ2v) is 4.71. The predicted octanol–water partition coefficient (Wildman–Crippen LogP) is 0.218. The van der Waals surface area contributed by atoms with Crippen LogP contribution in [0.15, 0.2) is 12.3 Å². The zero-order valence-electron chi connectivity index (χ0n) is 11.4. The molecule has 0 spiro atoms. The normalized spacial score (nSPS) is 18.4. The average Bonchev–Trinajstić information content (AvgIpc) is 3.09. The molecule has 0 aromatic carbocycles. The van der Waals surface area contributed by atoms with E-state index in [1.54, 1.807) is 18.2 Å². The second kappa shape index (κ2) is 5.04. The number of carbonyl (C=O) groups is 1. The van der Waals surface area contributed by atoms with Crippen molar-refractivity contribution in [3.8, 4) is 11.5 Å². The molecule has 2 aromatic rings. The van der Waals surface area contributed by atoms with E-state index in [2.05, 4.69) is 20.4 Å². The molecular formula is C12H16N6O2. The first-order chi connectivity index (χ1) is 9.72. The number of amides is 1. The Hall–Kier alpha value is -2.22. The van der Waals surface area contributed by atoms with E-state index in [1.165, 1.54) is 0 Å². The minimum Gasteiger partial charge on any atom is -0.383 e. The third-order valence-corrected chi connectivity index (χ3v) is 3.46. The Bertz CT molecular complexity index is 606. The zero-order valence-corrected chi connectivity index (χ0v) is 11.4. The van der Waals surface area contributed by atoms with Crippen LogP contribution in [0.2, 0.25) is 0 Å². The Morgan fingerprint density at radius 1 is 1.50 bits per heavy atom. The standard InChI is InChI=1S/C12H16N6O2/c1-8-12(19)17(5-6-20-2)7-10-15-16-11(18(8)10)9-3-4-13-14-9/h3-4,8H,5-7H2,1-2H3,(H,13,14)/t8-/m0/s1. The SMILES string of the molecule is COCCN1Cc2nnc(-c3ccn[nH]3)n2[C@@H](C)C1=O. The molecule has 0 radical (unpaired) electrons. The summed E-state index contributed by atoms with van der Waals surface area (Å²) in [5.74, 6) is 1.47. The van der Waals surface area contributed by atoms with Gasteiger partial charge < -0.3 is 9.64 Å². The molecular weight excluding hydrogens is 260 g/mol. The predicted molar refractivity (Wildman–Crippen MR) is 69.6 cm³/mol. The Balaban J connectivity index is 1.94. The van der Waals surface area contributed by atoms with Crippen molar-refractivity contribution in [1.29, 1.82) is 0 Å². The van der Waals surface area contributed by atoms with Crippen molar-refractivity contribution in [2.75, 3.05) is 20.3 Å². The van der Waals surface area contributed by atoms with Gasteiger partial charge in [-0.2, -0.15) is 5.10 Å². The maximum atomic E-state index is 12.4. The van der Waals surface area contributed by atoms with Crippen LogP contribution in [0.3, 0.4) is 0 Å². The highest BCUT2D eigenvalue weighted by atomic mass is 16.5. The topological polar surface area (TPSA) is 88.9 Å². The Morgan fingerprint density at radius 2 is 2.35 bits per heavy atom. The van der Waals surface area contributed by atoms with Crippen LogP contribution in [0, 0.1) is 0 Å². The van der Waals surface area contributed by atoms with Gasteiger partial charge in [0.15, 0.2) is 11.6 Å². The van der Waals surface area contributed by atoms with Crippen LogP contribution >= 0.6 is 0 Å². The summed E-state index contributed by atoms with van der Waals surface area (Å²) in [6.45, 7) is 3.38. The van der Waals surface area contributed by atoms with E-state index in [0.29, 0.717) is 25.5 Å². The summed E-state index contributed by atoms with van der Waals surface area (Å²) in [5, 5.41) is 15.1. The van der Waals surface area contributed by atoms with Gasteiger partial charge >= 0.3 is 0 Å². The quantitative estimate of drug-likeness (QED) is 0.862. The number of nitrogens with one attached hydrogen (secondary N) is 1. The van der Waals surface area contributed by atoms with Crippen LogP contribution in [-0.2, 0) is 16.1 Å². The third kappa shape index (κ3) is 1.97. The smallest absolute Gasteiger partial charge is 0.245 e. The lowest BCUT2D eigenvalue weighted by Gasteiger charge is -2.31. The van der Waals surface area contributed by atoms with Crippen molar-refractivity contribution >= 4 is 5.91 Å². The van der Waals surface area contributed by atoms with Crippen LogP contribution in [0.4, 0.5) is 0 Å². The second-order valence-electron chi connectivity index (χ2n) is 4.71. The lowest BCUT2D eigenvalue weighted by Crippen LogP contribution is -2.43. The minimum absolute atomic E-state index is 0.0510. The Labute approximate surface area is 115 Å². The lowest BCUT2D eigenvalue weighted by molar-refractivity contribution is -0.137. The summed E-state index contributed by atoms with van der Waals surface area (Å²) in [5.41, 5.74) is 0.758. The number of rotatable bonds is 4. The molecule has 1 N–H and O–H groups in total. The van der Waals surface area contributed by atoms with E-state index in [4.69, 9.17) is 4.74 Å². The fourth-order valence-electron chi connectivity index (χ4n) is 2.42. The summed E-state index contributed by atoms with van der Waals surface area (Å²) in [4.78, 5) is 14.1. The van der Waals surface area contributed by atoms with E-state index < -0.39 is 0 Å². The number of aromatic amines is 1. The summed E-state index contributed by atoms with van der Waals surface area (Å²) < 4.78 is 6.89. The number of carbonyl (C=O) groups excluding carboxylic acids is 1. The molecule has 1 aliphatic rings. The van der Waals surface area contributed by atoms with Crippen molar-refractivity contribution in [3.05, 3.63) is 18.1 Å². The van der Waals surface area contributed by atoms with Crippen LogP contribution < -0.4 is 0 Å². The van der Waals surface area contributed by atoms with Gasteiger partial charge in [-0.25, -0.2) is 0 Å². The first-order valence-corrected chi connectivity index (χ1v) is 6.43. The van der Waals surface area contributed by atoms with E-state index in [0.717, 1.165) is 11.5 Å². The highest BCUT2D eigenvalue weighted by molar-refractivity contribution is 5.81. The Morgan fingerprint density at radius 3 is 3.05 bits per heavy atom. The molecule has 106 valence electrons. The molecule has 0 bridgehead atoms. The molecule has 0 unspecified atom stereocenters. The molecule has 8 nitrogen and oxygen atoms in total. The summed E-state index contributed by atoms with van der Waals surface area (Å²) in [6, 6.07) is 1.48. The number of methoxy groups -OCH3 is 1. The Kier molecular flexibility index (Phi) is 3.23. The van der Waals surface area contributed by atoms with Gasteiger partial charge in [0.2, 0.25) is 5.91 Å². The van der Waals surface area contributed by atoms with Crippen molar-refractivity contribution < 1.29 is 9.53 Å². The number of aromatic nitrogens is 5. The maximum Gasteiger partial charge on any atom is 0.245 e. The van der Waals surface area contributed by atoms with Gasteiger partial charge in [0.25, 0.3) is 0 Å². The van der Waals surface area contributed by atoms with Crippen molar-refractivity contribution in [1.82, 2.24) is 29.9 Å². The fraction of sp³-hybridized carbons (Fsp3) is 0.500. The number of ether oxygens (including phenoxy) is 1. The number of H-pyrrole nitrogens is 1. The summed E-state index contributed by atoms with van der Waals surface area (Å²) >= 11 is 0. The zero-order chi connectivity index (χ0) is 14.1. The molecule has 1 amide bonds. The summed E-state index contributed by atoms with van der Waals surface area (Å²) in [7, 11) is 1.62. The molecule has 1 aliphatic heterocycles. The highest BCUT2D eigenvalue weighted by Crippen LogP contribution is 2.26. The van der Waals surface area contributed by atoms with Crippen LogP contribution in [0.25, 0.3) is 11.5 Å². The fourth-order valence-corrected chi connectivity index (χ4v) is 2.42. The molecule has 0 saturated carbocycles. The van der Waals surface area contributed by atoms with Gasteiger partial charge in [-0.05, 0) is 13.0 Å². The number of hydrogen-bond donors (Lipinski definition) is 1. The number of nitrogens with zero attached hydrogens (tertiary/aromatic N) is 5. The number of hydrogen-bond acceptors (Lipinski definition) is 5. The molecule has 0 saturated heterocycles. The monoisotopic (exact) mass is 276 g/mol. The van der Waals surface area contributed by atoms with Gasteiger partial charge in [0.05, 0.1) is 13.2 Å². The van der Waals surface area contributed by atoms with Gasteiger partial charge in [-0.1, -0.05) is 0 Å². The largest absolute Gasteiger partial charge is 0.383 e. The van der Waals surface area contributed by atoms with Crippen LogP contribution in [0.1, 0.15) is 18.8 Å². The van der Waals surface area contributed by atoms with Gasteiger partial charge in [-0.3, -0.25) is 14.5 Å².